The van der Waals surface area contributed by atoms with Gasteiger partial charge < -0.3 is 14.3 Å². The Morgan fingerprint density at radius 1 is 0.962 bits per heavy atom. The maximum absolute atomic E-state index is 12.7. The summed E-state index contributed by atoms with van der Waals surface area (Å²) in [5.74, 6) is 0.925. The number of benzene rings is 1. The van der Waals surface area contributed by atoms with E-state index in [0.717, 1.165) is 0 Å². The Hall–Kier alpha value is -2.63. The molecule has 1 aliphatic rings. The Kier molecular flexibility index (Phi) is 5.11. The number of nitrogens with zero attached hydrogens (tertiary/aromatic N) is 3. The molecule has 0 radical (unpaired) electrons. The van der Waals surface area contributed by atoms with Crippen LogP contribution in [0, 0.1) is 13.8 Å². The fraction of sp³-hybridized carbons (Fsp3) is 0.450. The lowest BCUT2D eigenvalue weighted by molar-refractivity contribution is 0.0534. The zero-order valence-electron chi connectivity index (χ0n) is 15.8. The van der Waals surface area contributed by atoms with Crippen LogP contribution in [0.25, 0.3) is 0 Å². The first-order chi connectivity index (χ1) is 12.4. The van der Waals surface area contributed by atoms with Gasteiger partial charge in [-0.2, -0.15) is 0 Å². The van der Waals surface area contributed by atoms with Gasteiger partial charge in [0.1, 0.15) is 11.3 Å². The van der Waals surface area contributed by atoms with Crippen LogP contribution in [0.2, 0.25) is 0 Å². The molecule has 0 N–H and O–H groups in total. The van der Waals surface area contributed by atoms with Crippen molar-refractivity contribution < 1.29 is 14.1 Å². The largest absolute Gasteiger partial charge is 0.361 e. The summed E-state index contributed by atoms with van der Waals surface area (Å²) in [6.07, 6.45) is 0. The van der Waals surface area contributed by atoms with Crippen molar-refractivity contribution in [3.05, 3.63) is 52.4 Å². The van der Waals surface area contributed by atoms with Gasteiger partial charge in [0.05, 0.1) is 5.69 Å². The van der Waals surface area contributed by atoms with E-state index in [-0.39, 0.29) is 11.8 Å². The molecule has 26 heavy (non-hydrogen) atoms. The Bertz CT molecular complexity index is 781. The van der Waals surface area contributed by atoms with Crippen LogP contribution in [0.4, 0.5) is 0 Å². The van der Waals surface area contributed by atoms with Crippen LogP contribution < -0.4 is 0 Å². The van der Waals surface area contributed by atoms with Crippen molar-refractivity contribution in [1.29, 1.82) is 0 Å². The third-order valence-corrected chi connectivity index (χ3v) is 4.93. The molecule has 2 amide bonds. The molecular formula is C20H25N3O3. The van der Waals surface area contributed by atoms with E-state index in [0.29, 0.717) is 54.7 Å². The molecule has 1 saturated heterocycles. The number of aromatic nitrogens is 1. The monoisotopic (exact) mass is 355 g/mol. The molecule has 1 aliphatic heterocycles. The molecule has 2 heterocycles. The molecule has 6 heteroatoms. The summed E-state index contributed by atoms with van der Waals surface area (Å²) >= 11 is 0. The lowest BCUT2D eigenvalue weighted by Gasteiger charge is -2.34. The van der Waals surface area contributed by atoms with Crippen molar-refractivity contribution in [1.82, 2.24) is 15.0 Å². The van der Waals surface area contributed by atoms with Crippen LogP contribution in [0.1, 0.15) is 57.5 Å². The van der Waals surface area contributed by atoms with Gasteiger partial charge in [-0.1, -0.05) is 31.1 Å². The number of piperazine rings is 1. The molecule has 2 aromatic rings. The predicted molar refractivity (Wildman–Crippen MR) is 98.3 cm³/mol. The zero-order valence-corrected chi connectivity index (χ0v) is 15.8. The SMILES string of the molecule is Cc1noc(C)c1C(=O)N1CCN(C(=O)c2ccc(C(C)C)cc2)CC1. The molecule has 0 bridgehead atoms. The molecule has 1 fully saturated rings. The maximum Gasteiger partial charge on any atom is 0.259 e. The average Bonchev–Trinajstić information content (AvgIpc) is 2.99. The van der Waals surface area contributed by atoms with Gasteiger partial charge in [-0.05, 0) is 37.5 Å². The second-order valence-electron chi connectivity index (χ2n) is 7.06. The Morgan fingerprint density at radius 2 is 1.50 bits per heavy atom. The molecule has 6 nitrogen and oxygen atoms in total. The molecule has 1 aromatic heterocycles. The normalized spacial score (nSPS) is 14.8. The van der Waals surface area contributed by atoms with Crippen LogP contribution in [-0.4, -0.2) is 52.9 Å². The second-order valence-corrected chi connectivity index (χ2v) is 7.06. The highest BCUT2D eigenvalue weighted by molar-refractivity contribution is 5.97. The summed E-state index contributed by atoms with van der Waals surface area (Å²) in [7, 11) is 0. The highest BCUT2D eigenvalue weighted by atomic mass is 16.5. The van der Waals surface area contributed by atoms with Crippen molar-refractivity contribution in [3.63, 3.8) is 0 Å². The number of amides is 2. The molecule has 0 atom stereocenters. The molecule has 0 unspecified atom stereocenters. The van der Waals surface area contributed by atoms with Crippen LogP contribution in [0.15, 0.2) is 28.8 Å². The van der Waals surface area contributed by atoms with E-state index in [4.69, 9.17) is 4.52 Å². The Balaban J connectivity index is 1.63. The van der Waals surface area contributed by atoms with Crippen LogP contribution in [-0.2, 0) is 0 Å². The number of carbonyl (C=O) groups excluding carboxylic acids is 2. The van der Waals surface area contributed by atoms with Crippen molar-refractivity contribution in [2.45, 2.75) is 33.6 Å². The van der Waals surface area contributed by atoms with Crippen molar-refractivity contribution in [3.8, 4) is 0 Å². The van der Waals surface area contributed by atoms with E-state index in [1.165, 1.54) is 5.56 Å². The molecule has 0 saturated carbocycles. The van der Waals surface area contributed by atoms with Crippen molar-refractivity contribution >= 4 is 11.8 Å². The highest BCUT2D eigenvalue weighted by Gasteiger charge is 2.28. The Morgan fingerprint density at radius 3 is 1.96 bits per heavy atom. The molecular weight excluding hydrogens is 330 g/mol. The van der Waals surface area contributed by atoms with Crippen LogP contribution >= 0.6 is 0 Å². The number of aryl methyl sites for hydroxylation is 2. The van der Waals surface area contributed by atoms with E-state index in [9.17, 15) is 9.59 Å². The van der Waals surface area contributed by atoms with Gasteiger partial charge in [-0.3, -0.25) is 9.59 Å². The summed E-state index contributed by atoms with van der Waals surface area (Å²) in [5, 5.41) is 3.85. The molecule has 138 valence electrons. The smallest absolute Gasteiger partial charge is 0.259 e. The zero-order chi connectivity index (χ0) is 18.8. The van der Waals surface area contributed by atoms with Crippen LogP contribution in [0.3, 0.4) is 0 Å². The first kappa shape index (κ1) is 18.2. The average molecular weight is 355 g/mol. The lowest BCUT2D eigenvalue weighted by Crippen LogP contribution is -2.50. The predicted octanol–water partition coefficient (Wildman–Crippen LogP) is 3.01. The minimum atomic E-state index is -0.0744. The number of hydrogen-bond donors (Lipinski definition) is 0. The van der Waals surface area contributed by atoms with E-state index >= 15 is 0 Å². The molecule has 0 aliphatic carbocycles. The van der Waals surface area contributed by atoms with Crippen LogP contribution in [0.5, 0.6) is 0 Å². The third-order valence-electron chi connectivity index (χ3n) is 4.93. The van der Waals surface area contributed by atoms with E-state index in [1.54, 1.807) is 18.7 Å². The highest BCUT2D eigenvalue weighted by Crippen LogP contribution is 2.18. The topological polar surface area (TPSA) is 66.7 Å². The van der Waals surface area contributed by atoms with E-state index < -0.39 is 0 Å². The summed E-state index contributed by atoms with van der Waals surface area (Å²) in [6.45, 7) is 9.85. The van der Waals surface area contributed by atoms with Gasteiger partial charge in [0.2, 0.25) is 0 Å². The lowest BCUT2D eigenvalue weighted by atomic mass is 10.0. The van der Waals surface area contributed by atoms with Gasteiger partial charge >= 0.3 is 0 Å². The number of carbonyl (C=O) groups is 2. The maximum atomic E-state index is 12.7. The summed E-state index contributed by atoms with van der Waals surface area (Å²) in [6, 6.07) is 7.79. The van der Waals surface area contributed by atoms with Gasteiger partial charge in [0.25, 0.3) is 11.8 Å². The first-order valence-corrected chi connectivity index (χ1v) is 9.00. The fourth-order valence-electron chi connectivity index (χ4n) is 3.25. The van der Waals surface area contributed by atoms with Gasteiger partial charge in [0.15, 0.2) is 0 Å². The summed E-state index contributed by atoms with van der Waals surface area (Å²) < 4.78 is 5.09. The van der Waals surface area contributed by atoms with Crippen molar-refractivity contribution in [2.24, 2.45) is 0 Å². The number of rotatable bonds is 3. The fourth-order valence-corrected chi connectivity index (χ4v) is 3.25. The van der Waals surface area contributed by atoms with Crippen molar-refractivity contribution in [2.75, 3.05) is 26.2 Å². The third kappa shape index (κ3) is 3.49. The van der Waals surface area contributed by atoms with Gasteiger partial charge in [0, 0.05) is 31.7 Å². The summed E-state index contributed by atoms with van der Waals surface area (Å²) in [5.41, 5.74) is 3.06. The van der Waals surface area contributed by atoms with Gasteiger partial charge in [-0.15, -0.1) is 0 Å². The number of hydrogen-bond acceptors (Lipinski definition) is 4. The molecule has 0 spiro atoms. The second kappa shape index (κ2) is 7.32. The van der Waals surface area contributed by atoms with Gasteiger partial charge in [-0.25, -0.2) is 0 Å². The summed E-state index contributed by atoms with van der Waals surface area (Å²) in [4.78, 5) is 28.9. The van der Waals surface area contributed by atoms with E-state index in [2.05, 4.69) is 19.0 Å². The minimum absolute atomic E-state index is 0.0183. The minimum Gasteiger partial charge on any atom is -0.361 e. The quantitative estimate of drug-likeness (QED) is 0.849. The van der Waals surface area contributed by atoms with E-state index in [1.807, 2.05) is 29.2 Å². The standard InChI is InChI=1S/C20H25N3O3/c1-13(2)16-5-7-17(8-6-16)19(24)22-9-11-23(12-10-22)20(25)18-14(3)21-26-15(18)4/h5-8,13H,9-12H2,1-4H3. The molecule has 3 rings (SSSR count). The molecule has 1 aromatic carbocycles. The first-order valence-electron chi connectivity index (χ1n) is 9.00. The Labute approximate surface area is 153 Å².